The summed E-state index contributed by atoms with van der Waals surface area (Å²) in [6, 6.07) is 41.1. The van der Waals surface area contributed by atoms with Crippen LogP contribution in [0, 0.1) is 0 Å². The largest absolute Gasteiger partial charge is 0.317 e. The van der Waals surface area contributed by atoms with E-state index >= 15 is 0 Å². The van der Waals surface area contributed by atoms with Gasteiger partial charge in [0.15, 0.2) is 0 Å². The molecule has 0 radical (unpaired) electrons. The van der Waals surface area contributed by atoms with Crippen LogP contribution in [-0.4, -0.2) is 0 Å². The fourth-order valence-corrected chi connectivity index (χ4v) is 3.97. The highest BCUT2D eigenvalue weighted by atomic mass is 15.1. The second-order valence-corrected chi connectivity index (χ2v) is 8.16. The smallest absolute Gasteiger partial charge is 0.0455 e. The summed E-state index contributed by atoms with van der Waals surface area (Å²) in [5.74, 6) is 0.344. The molecule has 0 unspecified atom stereocenters. The third-order valence-electron chi connectivity index (χ3n) is 5.48. The van der Waals surface area contributed by atoms with Gasteiger partial charge in [0, 0.05) is 23.5 Å². The summed E-state index contributed by atoms with van der Waals surface area (Å²) in [7, 11) is 0. The lowest BCUT2D eigenvalue weighted by atomic mass is 9.86. The highest BCUT2D eigenvalue weighted by Gasteiger charge is 2.15. The van der Waals surface area contributed by atoms with Gasteiger partial charge in [-0.3, -0.25) is 0 Å². The molecule has 0 fully saturated rings. The molecule has 0 aliphatic heterocycles. The molecule has 0 amide bonds. The van der Waals surface area contributed by atoms with Crippen LogP contribution in [0.2, 0.25) is 0 Å². The molecular formula is C30H29N. The summed E-state index contributed by atoms with van der Waals surface area (Å²) in [4.78, 5) is 2.25. The molecular weight excluding hydrogens is 374 g/mol. The third kappa shape index (κ3) is 5.32. The molecule has 0 heterocycles. The average molecular weight is 404 g/mol. The first kappa shape index (κ1) is 20.7. The summed E-state index contributed by atoms with van der Waals surface area (Å²) in [5, 5.41) is 0. The summed E-state index contributed by atoms with van der Waals surface area (Å²) < 4.78 is 0. The predicted octanol–water partition coefficient (Wildman–Crippen LogP) is 8.12. The lowest BCUT2D eigenvalue weighted by Crippen LogP contribution is -2.09. The zero-order chi connectivity index (χ0) is 21.5. The van der Waals surface area contributed by atoms with E-state index in [0.717, 1.165) is 6.42 Å². The van der Waals surface area contributed by atoms with E-state index in [1.807, 2.05) is 0 Å². The molecule has 1 nitrogen and oxygen atoms in total. The Bertz CT molecular complexity index is 1050. The van der Waals surface area contributed by atoms with Crippen LogP contribution in [0.25, 0.3) is 0 Å². The first-order valence-corrected chi connectivity index (χ1v) is 10.9. The quantitative estimate of drug-likeness (QED) is 0.301. The van der Waals surface area contributed by atoms with Crippen LogP contribution < -0.4 is 4.90 Å². The predicted molar refractivity (Wildman–Crippen MR) is 133 cm³/mol. The maximum Gasteiger partial charge on any atom is 0.0455 e. The second-order valence-electron chi connectivity index (χ2n) is 8.16. The molecule has 0 bridgehead atoms. The van der Waals surface area contributed by atoms with Gasteiger partial charge in [0.2, 0.25) is 0 Å². The van der Waals surface area contributed by atoms with Crippen molar-refractivity contribution in [1.29, 1.82) is 0 Å². The van der Waals surface area contributed by atoms with Crippen molar-refractivity contribution >= 4 is 11.4 Å². The molecule has 4 aromatic carbocycles. The first-order valence-electron chi connectivity index (χ1n) is 10.9. The van der Waals surface area contributed by atoms with Crippen LogP contribution in [0.1, 0.15) is 36.5 Å². The summed E-state index contributed by atoms with van der Waals surface area (Å²) in [6.45, 7) is 4.27. The van der Waals surface area contributed by atoms with Crippen LogP contribution in [0.15, 0.2) is 127 Å². The Morgan fingerprint density at radius 1 is 0.613 bits per heavy atom. The number of nitrogens with zero attached hydrogens (tertiary/aromatic N) is 1. The van der Waals surface area contributed by atoms with Crippen LogP contribution in [0.3, 0.4) is 0 Å². The lowest BCUT2D eigenvalue weighted by Gasteiger charge is -2.23. The molecule has 0 aliphatic carbocycles. The first-order chi connectivity index (χ1) is 15.2. The normalized spacial score (nSPS) is 10.7. The van der Waals surface area contributed by atoms with Crippen LogP contribution in [-0.2, 0) is 6.42 Å². The molecule has 0 saturated carbocycles. The Kier molecular flexibility index (Phi) is 6.64. The van der Waals surface area contributed by atoms with Crippen molar-refractivity contribution in [1.82, 2.24) is 0 Å². The molecule has 0 saturated heterocycles. The van der Waals surface area contributed by atoms with Gasteiger partial charge >= 0.3 is 0 Å². The minimum absolute atomic E-state index is 0.344. The van der Waals surface area contributed by atoms with Crippen molar-refractivity contribution in [3.05, 3.63) is 144 Å². The van der Waals surface area contributed by atoms with Crippen molar-refractivity contribution in [2.75, 3.05) is 4.90 Å². The van der Waals surface area contributed by atoms with Crippen LogP contribution in [0.4, 0.5) is 11.4 Å². The van der Waals surface area contributed by atoms with E-state index in [-0.39, 0.29) is 0 Å². The van der Waals surface area contributed by atoms with E-state index in [1.54, 1.807) is 0 Å². The van der Waals surface area contributed by atoms with Gasteiger partial charge in [-0.2, -0.15) is 0 Å². The van der Waals surface area contributed by atoms with Gasteiger partial charge < -0.3 is 4.90 Å². The van der Waals surface area contributed by atoms with Crippen molar-refractivity contribution < 1.29 is 0 Å². The molecule has 0 atom stereocenters. The molecule has 4 rings (SSSR count). The molecule has 154 valence electrons. The Labute approximate surface area is 186 Å². The van der Waals surface area contributed by atoms with Crippen LogP contribution in [0.5, 0.6) is 0 Å². The molecule has 0 N–H and O–H groups in total. The van der Waals surface area contributed by atoms with Gasteiger partial charge in [-0.1, -0.05) is 96.6 Å². The fraction of sp³-hybridized carbons (Fsp3) is 0.133. The average Bonchev–Trinajstić information content (AvgIpc) is 2.83. The van der Waals surface area contributed by atoms with Crippen molar-refractivity contribution in [3.63, 3.8) is 0 Å². The van der Waals surface area contributed by atoms with E-state index in [1.165, 1.54) is 33.6 Å². The minimum atomic E-state index is 0.344. The maximum atomic E-state index is 2.27. The lowest BCUT2D eigenvalue weighted by molar-refractivity contribution is 0.805. The number of benzene rings is 4. The maximum absolute atomic E-state index is 2.27. The number of allylic oxidation sites excluding steroid dienone is 1. The van der Waals surface area contributed by atoms with Crippen LogP contribution >= 0.6 is 0 Å². The summed E-state index contributed by atoms with van der Waals surface area (Å²) in [5.41, 5.74) is 7.66. The monoisotopic (exact) mass is 403 g/mol. The van der Waals surface area contributed by atoms with E-state index in [0.29, 0.717) is 5.92 Å². The van der Waals surface area contributed by atoms with Gasteiger partial charge in [-0.05, 0) is 61.2 Å². The molecule has 4 aromatic rings. The number of hydrogen-bond acceptors (Lipinski definition) is 1. The molecule has 0 aromatic heterocycles. The zero-order valence-corrected chi connectivity index (χ0v) is 18.3. The number of rotatable bonds is 7. The second kappa shape index (κ2) is 9.95. The minimum Gasteiger partial charge on any atom is -0.317 e. The van der Waals surface area contributed by atoms with Gasteiger partial charge in [0.25, 0.3) is 0 Å². The molecule has 0 spiro atoms. The third-order valence-corrected chi connectivity index (χ3v) is 5.48. The van der Waals surface area contributed by atoms with Gasteiger partial charge in [-0.15, -0.1) is 0 Å². The van der Waals surface area contributed by atoms with E-state index in [4.69, 9.17) is 0 Å². The fourth-order valence-electron chi connectivity index (χ4n) is 3.97. The SMILES string of the molecule is CC(C)=CN(c1ccccc1)c1ccc(CC(c2ccccc2)c2ccccc2)cc1. The Hall–Kier alpha value is -3.58. The highest BCUT2D eigenvalue weighted by Crippen LogP contribution is 2.31. The molecule has 1 heteroatoms. The van der Waals surface area contributed by atoms with Crippen molar-refractivity contribution in [3.8, 4) is 0 Å². The van der Waals surface area contributed by atoms with E-state index < -0.39 is 0 Å². The Morgan fingerprint density at radius 3 is 1.55 bits per heavy atom. The zero-order valence-electron chi connectivity index (χ0n) is 18.3. The number of para-hydroxylation sites is 1. The van der Waals surface area contributed by atoms with Gasteiger partial charge in [0.1, 0.15) is 0 Å². The highest BCUT2D eigenvalue weighted by molar-refractivity contribution is 5.66. The van der Waals surface area contributed by atoms with E-state index in [9.17, 15) is 0 Å². The Balaban J connectivity index is 1.62. The van der Waals surface area contributed by atoms with Gasteiger partial charge in [-0.25, -0.2) is 0 Å². The van der Waals surface area contributed by atoms with Gasteiger partial charge in [0.05, 0.1) is 0 Å². The molecule has 0 aliphatic rings. The van der Waals surface area contributed by atoms with Crippen molar-refractivity contribution in [2.45, 2.75) is 26.2 Å². The van der Waals surface area contributed by atoms with E-state index in [2.05, 4.69) is 140 Å². The number of anilines is 2. The number of hydrogen-bond donors (Lipinski definition) is 0. The molecule has 31 heavy (non-hydrogen) atoms. The topological polar surface area (TPSA) is 3.24 Å². The summed E-state index contributed by atoms with van der Waals surface area (Å²) >= 11 is 0. The Morgan fingerprint density at radius 2 is 1.06 bits per heavy atom. The summed E-state index contributed by atoms with van der Waals surface area (Å²) in [6.07, 6.45) is 3.17. The standard InChI is InChI=1S/C30H29N/c1-24(2)23-31(28-16-10-5-11-17-28)29-20-18-25(19-21-29)22-30(26-12-6-3-7-13-26)27-14-8-4-9-15-27/h3-21,23,30H,22H2,1-2H3. The van der Waals surface area contributed by atoms with Crippen molar-refractivity contribution in [2.24, 2.45) is 0 Å².